The maximum Gasteiger partial charge on any atom is 0.268 e. The molecular weight excluding hydrogens is 637 g/mol. The predicted molar refractivity (Wildman–Crippen MR) is 191 cm³/mol. The number of carbonyl (C=O) groups excluding carboxylic acids is 1. The van der Waals surface area contributed by atoms with Crippen molar-refractivity contribution in [2.75, 3.05) is 23.7 Å². The topological polar surface area (TPSA) is 145 Å². The first kappa shape index (κ1) is 30.6. The molecule has 3 N–H and O–H groups in total. The van der Waals surface area contributed by atoms with E-state index in [2.05, 4.69) is 20.0 Å². The van der Waals surface area contributed by atoms with Crippen LogP contribution in [0.2, 0.25) is 0 Å². The van der Waals surface area contributed by atoms with Gasteiger partial charge in [0, 0.05) is 30.2 Å². The standard InChI is InChI=1S/C37H34N8O3S/c1-23-6-12-29(13-7-23)49(47,48)45-33-18-25(27-10-15-35(39-21-27)43-16-4-3-5-17-43)8-9-26(33)19-34(45)36(46)30-22-40-44(37(30)38)28-11-14-31-32(20-28)42-24(2)41-31/h6-15,18-22H,3-5,16-17,38H2,1-2H3,(H,41,42). The number of aryl methyl sites for hydroxylation is 2. The van der Waals surface area contributed by atoms with Gasteiger partial charge in [-0.25, -0.2) is 27.0 Å². The van der Waals surface area contributed by atoms with Gasteiger partial charge in [0.15, 0.2) is 0 Å². The number of carbonyl (C=O) groups is 1. The molecule has 0 bridgehead atoms. The lowest BCUT2D eigenvalue weighted by molar-refractivity contribution is 0.103. The monoisotopic (exact) mass is 670 g/mol. The van der Waals surface area contributed by atoms with Crippen LogP contribution in [0.3, 0.4) is 0 Å². The number of hydrogen-bond acceptors (Lipinski definition) is 8. The number of H-pyrrole nitrogens is 1. The summed E-state index contributed by atoms with van der Waals surface area (Å²) in [5.74, 6) is 1.22. The van der Waals surface area contributed by atoms with Gasteiger partial charge in [-0.2, -0.15) is 5.10 Å². The van der Waals surface area contributed by atoms with Crippen molar-refractivity contribution in [1.29, 1.82) is 0 Å². The SMILES string of the molecule is Cc1ccc(S(=O)(=O)n2c(C(=O)c3cnn(-c4ccc5nc(C)[nH]c5c4)c3N)cc3ccc(-c4ccc(N5CCCCC5)nc4)cc32)cc1. The summed E-state index contributed by atoms with van der Waals surface area (Å²) in [4.78, 5) is 29.1. The van der Waals surface area contributed by atoms with E-state index in [4.69, 9.17) is 10.7 Å². The molecule has 11 nitrogen and oxygen atoms in total. The van der Waals surface area contributed by atoms with Crippen molar-refractivity contribution in [3.63, 3.8) is 0 Å². The third-order valence-corrected chi connectivity index (χ3v) is 10.9. The highest BCUT2D eigenvalue weighted by Gasteiger charge is 2.29. The third kappa shape index (κ3) is 5.34. The number of aromatic nitrogens is 6. The van der Waals surface area contributed by atoms with Gasteiger partial charge in [0.25, 0.3) is 10.0 Å². The van der Waals surface area contributed by atoms with Crippen molar-refractivity contribution in [3.05, 3.63) is 114 Å². The van der Waals surface area contributed by atoms with E-state index in [0.717, 1.165) is 69.3 Å². The molecule has 0 amide bonds. The number of anilines is 2. The Kier molecular flexibility index (Phi) is 7.33. The van der Waals surface area contributed by atoms with Crippen molar-refractivity contribution in [3.8, 4) is 16.8 Å². The van der Waals surface area contributed by atoms with Crippen LogP contribution in [0.15, 0.2) is 96.2 Å². The molecule has 3 aromatic carbocycles. The second kappa shape index (κ2) is 11.7. The number of nitrogens with zero attached hydrogens (tertiary/aromatic N) is 6. The van der Waals surface area contributed by atoms with Gasteiger partial charge in [0.1, 0.15) is 23.2 Å². The molecule has 12 heteroatoms. The van der Waals surface area contributed by atoms with Crippen molar-refractivity contribution in [2.24, 2.45) is 0 Å². The fourth-order valence-corrected chi connectivity index (χ4v) is 8.09. The van der Waals surface area contributed by atoms with Gasteiger partial charge >= 0.3 is 0 Å². The van der Waals surface area contributed by atoms with E-state index in [1.165, 1.54) is 17.3 Å². The Morgan fingerprint density at radius 1 is 0.857 bits per heavy atom. The average Bonchev–Trinajstić information content (AvgIpc) is 3.82. The summed E-state index contributed by atoms with van der Waals surface area (Å²) in [5.41, 5.74) is 11.7. The quantitative estimate of drug-likeness (QED) is 0.185. The molecule has 4 aromatic heterocycles. The van der Waals surface area contributed by atoms with E-state index in [1.807, 2.05) is 62.5 Å². The molecule has 5 heterocycles. The number of nitrogens with two attached hydrogens (primary N) is 1. The summed E-state index contributed by atoms with van der Waals surface area (Å²) in [6.07, 6.45) is 6.74. The van der Waals surface area contributed by atoms with Gasteiger partial charge in [0.05, 0.1) is 38.9 Å². The minimum Gasteiger partial charge on any atom is -0.383 e. The van der Waals surface area contributed by atoms with Crippen molar-refractivity contribution in [1.82, 2.24) is 28.7 Å². The molecule has 8 rings (SSSR count). The Bertz CT molecular complexity index is 2490. The fourth-order valence-electron chi connectivity index (χ4n) is 6.59. The molecule has 1 fully saturated rings. The molecule has 1 saturated heterocycles. The molecular formula is C37H34N8O3S. The second-order valence-electron chi connectivity index (χ2n) is 12.5. The highest BCUT2D eigenvalue weighted by atomic mass is 32.2. The Morgan fingerprint density at radius 2 is 1.63 bits per heavy atom. The lowest BCUT2D eigenvalue weighted by atomic mass is 10.1. The second-order valence-corrected chi connectivity index (χ2v) is 14.3. The zero-order chi connectivity index (χ0) is 33.9. The molecule has 0 unspecified atom stereocenters. The summed E-state index contributed by atoms with van der Waals surface area (Å²) in [6, 6.07) is 23.2. The van der Waals surface area contributed by atoms with E-state index in [0.29, 0.717) is 16.6 Å². The number of pyridine rings is 1. The number of nitrogen functional groups attached to an aromatic ring is 1. The van der Waals surface area contributed by atoms with E-state index in [9.17, 15) is 13.2 Å². The zero-order valence-corrected chi connectivity index (χ0v) is 27.9. The summed E-state index contributed by atoms with van der Waals surface area (Å²) >= 11 is 0. The van der Waals surface area contributed by atoms with Crippen LogP contribution in [0.1, 0.15) is 46.7 Å². The molecule has 0 spiro atoms. The molecule has 1 aliphatic heterocycles. The van der Waals surface area contributed by atoms with Gasteiger partial charge in [-0.15, -0.1) is 0 Å². The van der Waals surface area contributed by atoms with Gasteiger partial charge in [0.2, 0.25) is 5.78 Å². The number of fused-ring (bicyclic) bond motifs is 2. The van der Waals surface area contributed by atoms with Crippen LogP contribution in [0.5, 0.6) is 0 Å². The average molecular weight is 671 g/mol. The van der Waals surface area contributed by atoms with Gasteiger partial charge < -0.3 is 15.6 Å². The van der Waals surface area contributed by atoms with Crippen molar-refractivity contribution in [2.45, 2.75) is 38.0 Å². The maximum atomic E-state index is 14.4. The van der Waals surface area contributed by atoms with Crippen LogP contribution in [0.25, 0.3) is 38.8 Å². The number of hydrogen-bond donors (Lipinski definition) is 2. The Morgan fingerprint density at radius 3 is 2.39 bits per heavy atom. The zero-order valence-electron chi connectivity index (χ0n) is 27.1. The van der Waals surface area contributed by atoms with Crippen LogP contribution < -0.4 is 10.6 Å². The number of aromatic amines is 1. The Hall–Kier alpha value is -5.75. The molecule has 0 aliphatic carbocycles. The van der Waals surface area contributed by atoms with E-state index in [1.54, 1.807) is 36.4 Å². The lowest BCUT2D eigenvalue weighted by Gasteiger charge is -2.27. The van der Waals surface area contributed by atoms with E-state index >= 15 is 0 Å². The highest BCUT2D eigenvalue weighted by molar-refractivity contribution is 7.90. The van der Waals surface area contributed by atoms with Crippen molar-refractivity contribution >= 4 is 49.4 Å². The molecule has 246 valence electrons. The number of benzene rings is 3. The molecule has 7 aromatic rings. The molecule has 0 saturated carbocycles. The Balaban J connectivity index is 1.24. The number of rotatable bonds is 7. The van der Waals surface area contributed by atoms with Gasteiger partial charge in [-0.3, -0.25) is 4.79 Å². The Labute approximate surface area is 283 Å². The number of imidazole rings is 1. The van der Waals surface area contributed by atoms with Crippen LogP contribution >= 0.6 is 0 Å². The predicted octanol–water partition coefficient (Wildman–Crippen LogP) is 6.42. The largest absolute Gasteiger partial charge is 0.383 e. The normalized spacial score (nSPS) is 13.8. The molecule has 0 radical (unpaired) electrons. The first-order chi connectivity index (χ1) is 23.7. The van der Waals surface area contributed by atoms with Crippen LogP contribution in [-0.4, -0.2) is 56.0 Å². The van der Waals surface area contributed by atoms with Crippen molar-refractivity contribution < 1.29 is 13.2 Å². The highest BCUT2D eigenvalue weighted by Crippen LogP contribution is 2.33. The van der Waals surface area contributed by atoms with E-state index in [-0.39, 0.29) is 22.0 Å². The first-order valence-corrected chi connectivity index (χ1v) is 17.7. The maximum absolute atomic E-state index is 14.4. The first-order valence-electron chi connectivity index (χ1n) is 16.2. The van der Waals surface area contributed by atoms with Crippen LogP contribution in [0, 0.1) is 13.8 Å². The molecule has 1 aliphatic rings. The minimum absolute atomic E-state index is 0.0443. The summed E-state index contributed by atoms with van der Waals surface area (Å²) in [6.45, 7) is 5.73. The van der Waals surface area contributed by atoms with Gasteiger partial charge in [-0.1, -0.05) is 29.8 Å². The van der Waals surface area contributed by atoms with Crippen LogP contribution in [0.4, 0.5) is 11.6 Å². The van der Waals surface area contributed by atoms with Gasteiger partial charge in [-0.05, 0) is 93.3 Å². The fraction of sp³-hybridized carbons (Fsp3) is 0.189. The summed E-state index contributed by atoms with van der Waals surface area (Å²) in [5, 5.41) is 5.01. The number of ketones is 1. The summed E-state index contributed by atoms with van der Waals surface area (Å²) in [7, 11) is -4.23. The molecule has 0 atom stereocenters. The number of nitrogens with one attached hydrogen (secondary N) is 1. The smallest absolute Gasteiger partial charge is 0.268 e. The third-order valence-electron chi connectivity index (χ3n) is 9.19. The summed E-state index contributed by atoms with van der Waals surface area (Å²) < 4.78 is 31.4. The lowest BCUT2D eigenvalue weighted by Crippen LogP contribution is -2.29. The van der Waals surface area contributed by atoms with Crippen LogP contribution in [-0.2, 0) is 10.0 Å². The number of piperidine rings is 1. The van der Waals surface area contributed by atoms with E-state index < -0.39 is 15.8 Å². The molecule has 49 heavy (non-hydrogen) atoms. The minimum atomic E-state index is -4.23.